The number of benzene rings is 1. The highest BCUT2D eigenvalue weighted by molar-refractivity contribution is 6.16. The predicted molar refractivity (Wildman–Crippen MR) is 90.7 cm³/mol. The van der Waals surface area contributed by atoms with E-state index in [1.165, 1.54) is 44.2 Å². The minimum atomic E-state index is -0.954. The highest BCUT2D eigenvalue weighted by Crippen LogP contribution is 2.35. The number of carbonyl (C=O) groups is 1. The Kier molecular flexibility index (Phi) is 6.51. The van der Waals surface area contributed by atoms with Gasteiger partial charge in [0.2, 0.25) is 0 Å². The van der Waals surface area contributed by atoms with Gasteiger partial charge in [0.25, 0.3) is 0 Å². The van der Waals surface area contributed by atoms with Gasteiger partial charge < -0.3 is 14.9 Å². The molecule has 23 heavy (non-hydrogen) atoms. The van der Waals surface area contributed by atoms with Crippen molar-refractivity contribution in [1.29, 1.82) is 0 Å². The standard InChI is InChI=1S/C19H26O4/c1-2-3-4-5-6-7-8-9-15-13-17(19(21)22)16-11-10-14(20)12-18(16)23-15/h10-13,15,20H,2-9H2,1H3,(H,21,22). The number of rotatable bonds is 9. The largest absolute Gasteiger partial charge is 0.508 e. The quantitative estimate of drug-likeness (QED) is 0.644. The summed E-state index contributed by atoms with van der Waals surface area (Å²) in [4.78, 5) is 11.4. The summed E-state index contributed by atoms with van der Waals surface area (Å²) in [5, 5.41) is 18.9. The first-order valence-corrected chi connectivity index (χ1v) is 8.57. The zero-order chi connectivity index (χ0) is 16.7. The van der Waals surface area contributed by atoms with Crippen LogP contribution >= 0.6 is 0 Å². The van der Waals surface area contributed by atoms with Gasteiger partial charge in [-0.1, -0.05) is 45.4 Å². The molecule has 1 aliphatic heterocycles. The summed E-state index contributed by atoms with van der Waals surface area (Å²) >= 11 is 0. The number of ether oxygens (including phenoxy) is 1. The molecule has 0 aromatic heterocycles. The molecule has 2 rings (SSSR count). The van der Waals surface area contributed by atoms with Crippen molar-refractivity contribution in [2.75, 3.05) is 0 Å². The monoisotopic (exact) mass is 318 g/mol. The number of aliphatic carboxylic acids is 1. The summed E-state index contributed by atoms with van der Waals surface area (Å²) in [6.45, 7) is 2.21. The molecule has 0 amide bonds. The first-order valence-electron chi connectivity index (χ1n) is 8.57. The van der Waals surface area contributed by atoms with E-state index in [1.54, 1.807) is 12.1 Å². The van der Waals surface area contributed by atoms with Gasteiger partial charge in [0.15, 0.2) is 0 Å². The molecule has 1 aromatic rings. The van der Waals surface area contributed by atoms with Crippen LogP contribution in [0.1, 0.15) is 63.9 Å². The highest BCUT2D eigenvalue weighted by atomic mass is 16.5. The van der Waals surface area contributed by atoms with Gasteiger partial charge in [-0.3, -0.25) is 0 Å². The molecule has 2 N–H and O–H groups in total. The number of phenolic OH excluding ortho intramolecular Hbond substituents is 1. The van der Waals surface area contributed by atoms with Crippen molar-refractivity contribution in [3.63, 3.8) is 0 Å². The van der Waals surface area contributed by atoms with Crippen molar-refractivity contribution >= 4 is 11.5 Å². The SMILES string of the molecule is CCCCCCCCCC1C=C(C(=O)O)c2ccc(O)cc2O1. The predicted octanol–water partition coefficient (Wildman–Crippen LogP) is 4.76. The Hall–Kier alpha value is -1.97. The lowest BCUT2D eigenvalue weighted by Gasteiger charge is -2.24. The summed E-state index contributed by atoms with van der Waals surface area (Å²) in [7, 11) is 0. The first kappa shape index (κ1) is 17.4. The third-order valence-corrected chi connectivity index (χ3v) is 4.21. The molecule has 1 atom stereocenters. The molecule has 0 bridgehead atoms. The second kappa shape index (κ2) is 8.61. The van der Waals surface area contributed by atoms with Crippen LogP contribution in [0.25, 0.3) is 5.57 Å². The summed E-state index contributed by atoms with van der Waals surface area (Å²) in [5.74, 6) is -0.410. The van der Waals surface area contributed by atoms with E-state index in [-0.39, 0.29) is 17.4 Å². The van der Waals surface area contributed by atoms with Crippen LogP contribution in [0.5, 0.6) is 11.5 Å². The molecule has 1 unspecified atom stereocenters. The van der Waals surface area contributed by atoms with Crippen LogP contribution in [-0.2, 0) is 4.79 Å². The minimum Gasteiger partial charge on any atom is -0.508 e. The number of carboxylic acids is 1. The Morgan fingerprint density at radius 1 is 1.13 bits per heavy atom. The third kappa shape index (κ3) is 5.02. The van der Waals surface area contributed by atoms with Crippen molar-refractivity contribution < 1.29 is 19.7 Å². The smallest absolute Gasteiger partial charge is 0.336 e. The maximum absolute atomic E-state index is 11.4. The topological polar surface area (TPSA) is 66.8 Å². The van der Waals surface area contributed by atoms with E-state index in [0.717, 1.165) is 19.3 Å². The molecule has 0 saturated carbocycles. The Morgan fingerprint density at radius 3 is 2.52 bits per heavy atom. The lowest BCUT2D eigenvalue weighted by molar-refractivity contribution is -0.130. The van der Waals surface area contributed by atoms with Gasteiger partial charge in [-0.05, 0) is 31.1 Å². The Morgan fingerprint density at radius 2 is 1.83 bits per heavy atom. The molecule has 126 valence electrons. The Balaban J connectivity index is 1.89. The molecule has 1 aliphatic rings. The average Bonchev–Trinajstić information content (AvgIpc) is 2.52. The fraction of sp³-hybridized carbons (Fsp3) is 0.526. The van der Waals surface area contributed by atoms with Crippen molar-refractivity contribution in [3.8, 4) is 11.5 Å². The molecule has 4 heteroatoms. The summed E-state index contributed by atoms with van der Waals surface area (Å²) in [5.41, 5.74) is 0.797. The van der Waals surface area contributed by atoms with E-state index < -0.39 is 5.97 Å². The number of carboxylic acid groups (broad SMARTS) is 1. The Labute approximate surface area is 137 Å². The van der Waals surface area contributed by atoms with Crippen molar-refractivity contribution in [1.82, 2.24) is 0 Å². The van der Waals surface area contributed by atoms with E-state index in [1.807, 2.05) is 0 Å². The number of hydrogen-bond donors (Lipinski definition) is 2. The lowest BCUT2D eigenvalue weighted by atomic mass is 9.97. The zero-order valence-electron chi connectivity index (χ0n) is 13.8. The van der Waals surface area contributed by atoms with Crippen LogP contribution in [0.2, 0.25) is 0 Å². The maximum Gasteiger partial charge on any atom is 0.336 e. The molecule has 0 spiro atoms. The van der Waals surface area contributed by atoms with E-state index >= 15 is 0 Å². The van der Waals surface area contributed by atoms with Crippen LogP contribution < -0.4 is 4.74 Å². The van der Waals surface area contributed by atoms with Crippen molar-refractivity contribution in [3.05, 3.63) is 29.8 Å². The second-order valence-corrected chi connectivity index (χ2v) is 6.13. The number of phenols is 1. The lowest BCUT2D eigenvalue weighted by Crippen LogP contribution is -2.21. The number of aromatic hydroxyl groups is 1. The van der Waals surface area contributed by atoms with Crippen LogP contribution in [-0.4, -0.2) is 22.3 Å². The highest BCUT2D eigenvalue weighted by Gasteiger charge is 2.24. The van der Waals surface area contributed by atoms with Gasteiger partial charge >= 0.3 is 5.97 Å². The van der Waals surface area contributed by atoms with Gasteiger partial charge in [-0.15, -0.1) is 0 Å². The molecule has 0 radical (unpaired) electrons. The van der Waals surface area contributed by atoms with Gasteiger partial charge in [0.1, 0.15) is 17.6 Å². The fourth-order valence-corrected chi connectivity index (χ4v) is 2.94. The molecular formula is C19H26O4. The van der Waals surface area contributed by atoms with E-state index in [4.69, 9.17) is 4.74 Å². The zero-order valence-corrected chi connectivity index (χ0v) is 13.8. The minimum absolute atomic E-state index is 0.0880. The first-order chi connectivity index (χ1) is 11.1. The molecule has 1 aromatic carbocycles. The van der Waals surface area contributed by atoms with Crippen LogP contribution in [0, 0.1) is 0 Å². The number of hydrogen-bond acceptors (Lipinski definition) is 3. The van der Waals surface area contributed by atoms with Crippen LogP contribution in [0.4, 0.5) is 0 Å². The molecule has 1 heterocycles. The average molecular weight is 318 g/mol. The summed E-state index contributed by atoms with van der Waals surface area (Å²) in [6, 6.07) is 4.56. The molecule has 0 fully saturated rings. The maximum atomic E-state index is 11.4. The molecule has 0 aliphatic carbocycles. The second-order valence-electron chi connectivity index (χ2n) is 6.13. The van der Waals surface area contributed by atoms with Crippen LogP contribution in [0.15, 0.2) is 24.3 Å². The normalized spacial score (nSPS) is 16.4. The third-order valence-electron chi connectivity index (χ3n) is 4.21. The Bertz CT molecular complexity index is 562. The molecule has 0 saturated heterocycles. The van der Waals surface area contributed by atoms with Gasteiger partial charge in [0, 0.05) is 11.6 Å². The van der Waals surface area contributed by atoms with Gasteiger partial charge in [0.05, 0.1) is 5.57 Å². The van der Waals surface area contributed by atoms with Crippen molar-refractivity contribution in [2.45, 2.75) is 64.4 Å². The van der Waals surface area contributed by atoms with E-state index in [9.17, 15) is 15.0 Å². The summed E-state index contributed by atoms with van der Waals surface area (Å²) in [6.07, 6.45) is 10.8. The number of unbranched alkanes of at least 4 members (excludes halogenated alkanes) is 6. The van der Waals surface area contributed by atoms with Gasteiger partial charge in [-0.2, -0.15) is 0 Å². The van der Waals surface area contributed by atoms with Crippen LogP contribution in [0.3, 0.4) is 0 Å². The molecular weight excluding hydrogens is 292 g/mol. The van der Waals surface area contributed by atoms with E-state index in [0.29, 0.717) is 11.3 Å². The molecule has 4 nitrogen and oxygen atoms in total. The van der Waals surface area contributed by atoms with Gasteiger partial charge in [-0.25, -0.2) is 4.79 Å². The number of fused-ring (bicyclic) bond motifs is 1. The fourth-order valence-electron chi connectivity index (χ4n) is 2.94. The van der Waals surface area contributed by atoms with Crippen molar-refractivity contribution in [2.24, 2.45) is 0 Å². The summed E-state index contributed by atoms with van der Waals surface area (Å²) < 4.78 is 5.84. The van der Waals surface area contributed by atoms with E-state index in [2.05, 4.69) is 6.92 Å².